The van der Waals surface area contributed by atoms with Gasteiger partial charge in [0, 0.05) is 6.16 Å². The van der Waals surface area contributed by atoms with Crippen molar-refractivity contribution in [1.29, 1.82) is 0 Å². The van der Waals surface area contributed by atoms with E-state index in [9.17, 15) is 14.3 Å². The van der Waals surface area contributed by atoms with Crippen molar-refractivity contribution in [2.24, 2.45) is 5.73 Å². The first-order chi connectivity index (χ1) is 9.98. The topological polar surface area (TPSA) is 94.5 Å². The first kappa shape index (κ1) is 24.5. The molecular formula is C15H32LiN2O3P. The largest absolute Gasteiger partial charge is 1.00 e. The molecule has 1 unspecified atom stereocenters. The maximum Gasteiger partial charge on any atom is 1.00 e. The third-order valence-electron chi connectivity index (χ3n) is 3.50. The molecule has 126 valence electrons. The monoisotopic (exact) mass is 326 g/mol. The van der Waals surface area contributed by atoms with E-state index in [0.29, 0.717) is 6.42 Å². The summed E-state index contributed by atoms with van der Waals surface area (Å²) in [4.78, 5) is 20.0. The maximum absolute atomic E-state index is 11.6. The van der Waals surface area contributed by atoms with Gasteiger partial charge in [0.15, 0.2) is 5.91 Å². The Hall–Kier alpha value is 0.217. The fourth-order valence-corrected chi connectivity index (χ4v) is 3.37. The van der Waals surface area contributed by atoms with Crippen molar-refractivity contribution in [3.63, 3.8) is 0 Å². The van der Waals surface area contributed by atoms with E-state index in [4.69, 9.17) is 5.73 Å². The maximum atomic E-state index is 11.6. The SMILES string of the molecule is CCCCCCCCCCCCCP(=O)(O)[N-]CC(N)=O.[Li+]. The van der Waals surface area contributed by atoms with Crippen molar-refractivity contribution >= 4 is 13.4 Å². The van der Waals surface area contributed by atoms with E-state index in [1.807, 2.05) is 0 Å². The van der Waals surface area contributed by atoms with E-state index in [2.05, 4.69) is 12.0 Å². The van der Waals surface area contributed by atoms with Crippen LogP contribution in [-0.2, 0) is 9.36 Å². The summed E-state index contributed by atoms with van der Waals surface area (Å²) in [5.74, 6) is -0.664. The molecule has 0 rings (SSSR count). The number of rotatable bonds is 15. The van der Waals surface area contributed by atoms with Crippen LogP contribution in [0, 0.1) is 0 Å². The molecule has 0 aromatic carbocycles. The summed E-state index contributed by atoms with van der Waals surface area (Å²) in [6.07, 6.45) is 13.3. The first-order valence-electron chi connectivity index (χ1n) is 8.27. The summed E-state index contributed by atoms with van der Waals surface area (Å²) >= 11 is 0. The summed E-state index contributed by atoms with van der Waals surface area (Å²) in [5, 5.41) is 3.47. The van der Waals surface area contributed by atoms with Gasteiger partial charge < -0.3 is 20.3 Å². The van der Waals surface area contributed by atoms with Gasteiger partial charge in [-0.2, -0.15) is 0 Å². The number of hydrogen-bond donors (Lipinski definition) is 2. The summed E-state index contributed by atoms with van der Waals surface area (Å²) in [7, 11) is -3.50. The molecule has 0 aromatic heterocycles. The number of unbranched alkanes of at least 4 members (excludes halogenated alkanes) is 10. The zero-order chi connectivity index (χ0) is 16.0. The standard InChI is InChI=1S/C15H33N2O3P.Li/c1-2-3-4-5-6-7-8-9-10-11-12-13-21(19,20)17-14-15(16)18;/h2-14H2,1H3,(H4,16,17,18,19,20);/q;+1/p-1. The molecule has 0 aliphatic carbocycles. The normalized spacial score (nSPS) is 13.4. The molecule has 0 spiro atoms. The second-order valence-electron chi connectivity index (χ2n) is 5.69. The fourth-order valence-electron chi connectivity index (χ4n) is 2.23. The molecule has 0 bridgehead atoms. The van der Waals surface area contributed by atoms with Crippen LogP contribution in [0.15, 0.2) is 0 Å². The summed E-state index contributed by atoms with van der Waals surface area (Å²) < 4.78 is 11.6. The zero-order valence-electron chi connectivity index (χ0n) is 14.4. The number of carbonyl (C=O) groups is 1. The Morgan fingerprint density at radius 1 is 0.955 bits per heavy atom. The average molecular weight is 326 g/mol. The molecule has 0 aliphatic heterocycles. The first-order valence-corrected chi connectivity index (χ1v) is 10.1. The van der Waals surface area contributed by atoms with Gasteiger partial charge in [-0.15, -0.1) is 0 Å². The number of hydrogen-bond acceptors (Lipinski definition) is 2. The smallest absolute Gasteiger partial charge is 0.572 e. The van der Waals surface area contributed by atoms with E-state index in [-0.39, 0.29) is 31.6 Å². The molecule has 0 aromatic rings. The molecule has 1 atom stereocenters. The van der Waals surface area contributed by atoms with Crippen LogP contribution in [0.5, 0.6) is 0 Å². The van der Waals surface area contributed by atoms with Gasteiger partial charge in [-0.1, -0.05) is 77.7 Å². The van der Waals surface area contributed by atoms with Gasteiger partial charge >= 0.3 is 18.9 Å². The number of primary amides is 1. The molecule has 0 aliphatic rings. The predicted molar refractivity (Wildman–Crippen MR) is 88.6 cm³/mol. The minimum atomic E-state index is -3.50. The van der Waals surface area contributed by atoms with Crippen molar-refractivity contribution in [2.75, 3.05) is 12.7 Å². The van der Waals surface area contributed by atoms with Crippen LogP contribution >= 0.6 is 7.52 Å². The van der Waals surface area contributed by atoms with Crippen LogP contribution in [0.3, 0.4) is 0 Å². The van der Waals surface area contributed by atoms with E-state index in [1.165, 1.54) is 51.4 Å². The number of nitrogens with zero attached hydrogens (tertiary/aromatic N) is 1. The minimum absolute atomic E-state index is 0. The third kappa shape index (κ3) is 18.3. The third-order valence-corrected chi connectivity index (χ3v) is 4.98. The van der Waals surface area contributed by atoms with Gasteiger partial charge in [0.05, 0.1) is 0 Å². The van der Waals surface area contributed by atoms with Crippen LogP contribution in [-0.4, -0.2) is 23.5 Å². The quantitative estimate of drug-likeness (QED) is 0.270. The molecule has 0 saturated heterocycles. The zero-order valence-corrected chi connectivity index (χ0v) is 15.3. The van der Waals surface area contributed by atoms with Gasteiger partial charge in [-0.05, 0) is 6.42 Å². The Kier molecular flexibility index (Phi) is 17.9. The van der Waals surface area contributed by atoms with E-state index < -0.39 is 13.4 Å². The summed E-state index contributed by atoms with van der Waals surface area (Å²) in [5.41, 5.74) is 4.90. The molecule has 22 heavy (non-hydrogen) atoms. The van der Waals surface area contributed by atoms with E-state index >= 15 is 0 Å². The van der Waals surface area contributed by atoms with Crippen LogP contribution in [0.2, 0.25) is 0 Å². The molecule has 3 N–H and O–H groups in total. The van der Waals surface area contributed by atoms with Crippen molar-refractivity contribution in [1.82, 2.24) is 0 Å². The predicted octanol–water partition coefficient (Wildman–Crippen LogP) is 1.35. The Bertz CT molecular complexity index is 317. The van der Waals surface area contributed by atoms with Gasteiger partial charge in [-0.3, -0.25) is 4.79 Å². The van der Waals surface area contributed by atoms with Crippen LogP contribution in [0.25, 0.3) is 5.09 Å². The fraction of sp³-hybridized carbons (Fsp3) is 0.933. The molecular weight excluding hydrogens is 294 g/mol. The van der Waals surface area contributed by atoms with Crippen molar-refractivity contribution < 1.29 is 33.1 Å². The Morgan fingerprint density at radius 3 is 1.77 bits per heavy atom. The molecule has 1 amide bonds. The van der Waals surface area contributed by atoms with Crippen molar-refractivity contribution in [3.8, 4) is 0 Å². The number of nitrogens with two attached hydrogens (primary N) is 1. The molecule has 0 fully saturated rings. The second-order valence-corrected chi connectivity index (χ2v) is 7.75. The van der Waals surface area contributed by atoms with Crippen molar-refractivity contribution in [3.05, 3.63) is 5.09 Å². The van der Waals surface area contributed by atoms with Gasteiger partial charge in [0.1, 0.15) is 7.52 Å². The van der Waals surface area contributed by atoms with E-state index in [0.717, 1.165) is 12.8 Å². The molecule has 0 saturated carbocycles. The van der Waals surface area contributed by atoms with E-state index in [1.54, 1.807) is 0 Å². The molecule has 0 radical (unpaired) electrons. The van der Waals surface area contributed by atoms with Gasteiger partial charge in [-0.25, -0.2) is 0 Å². The van der Waals surface area contributed by atoms with Crippen LogP contribution < -0.4 is 24.6 Å². The Balaban J connectivity index is 0. The van der Waals surface area contributed by atoms with Crippen LogP contribution in [0.4, 0.5) is 0 Å². The molecule has 0 heterocycles. The Labute approximate surface area is 147 Å². The van der Waals surface area contributed by atoms with Crippen LogP contribution in [0.1, 0.15) is 77.6 Å². The number of amides is 1. The van der Waals surface area contributed by atoms with Gasteiger partial charge in [0.2, 0.25) is 0 Å². The summed E-state index contributed by atoms with van der Waals surface area (Å²) in [6.45, 7) is 1.87. The minimum Gasteiger partial charge on any atom is -0.572 e. The molecule has 7 heteroatoms. The van der Waals surface area contributed by atoms with Gasteiger partial charge in [0.25, 0.3) is 0 Å². The molecule has 5 nitrogen and oxygen atoms in total. The van der Waals surface area contributed by atoms with Crippen molar-refractivity contribution in [2.45, 2.75) is 77.6 Å². The Morgan fingerprint density at radius 2 is 1.36 bits per heavy atom. The second kappa shape index (κ2) is 16.1. The number of carbonyl (C=O) groups excluding carboxylic acids is 1. The summed E-state index contributed by atoms with van der Waals surface area (Å²) in [6, 6.07) is 0. The average Bonchev–Trinajstić information content (AvgIpc) is 2.43.